The number of ether oxygens (including phenoxy) is 1. The second-order valence-corrected chi connectivity index (χ2v) is 7.54. The Hall–Kier alpha value is -2.30. The first-order valence-corrected chi connectivity index (χ1v) is 10.1. The fourth-order valence-electron chi connectivity index (χ4n) is 4.03. The number of nitrogens with zero attached hydrogens (tertiary/aromatic N) is 2. The third-order valence-corrected chi connectivity index (χ3v) is 5.20. The van der Waals surface area contributed by atoms with Crippen molar-refractivity contribution in [3.05, 3.63) is 47.0 Å². The van der Waals surface area contributed by atoms with Crippen LogP contribution in [0.25, 0.3) is 0 Å². The molecule has 0 spiro atoms. The van der Waals surface area contributed by atoms with Crippen molar-refractivity contribution >= 4 is 11.8 Å². The van der Waals surface area contributed by atoms with Crippen LogP contribution in [0, 0.1) is 0 Å². The van der Waals surface area contributed by atoms with Crippen molar-refractivity contribution in [2.45, 2.75) is 78.5 Å². The van der Waals surface area contributed by atoms with Gasteiger partial charge in [0.05, 0.1) is 23.4 Å². The van der Waals surface area contributed by atoms with E-state index < -0.39 is 0 Å². The van der Waals surface area contributed by atoms with E-state index in [0.717, 1.165) is 61.4 Å². The van der Waals surface area contributed by atoms with Crippen molar-refractivity contribution in [3.63, 3.8) is 0 Å². The van der Waals surface area contributed by atoms with E-state index in [1.54, 1.807) is 0 Å². The second-order valence-electron chi connectivity index (χ2n) is 7.54. The fourth-order valence-corrected chi connectivity index (χ4v) is 4.03. The van der Waals surface area contributed by atoms with E-state index >= 15 is 0 Å². The number of hydrogen-bond acceptors (Lipinski definition) is 3. The maximum Gasteiger partial charge on any atom is 0.315 e. The van der Waals surface area contributed by atoms with Crippen LogP contribution in [0.3, 0.4) is 0 Å². The van der Waals surface area contributed by atoms with Crippen molar-refractivity contribution < 1.29 is 14.3 Å². The van der Waals surface area contributed by atoms with Gasteiger partial charge in [0, 0.05) is 25.0 Å². The van der Waals surface area contributed by atoms with Crippen LogP contribution in [0.1, 0.15) is 80.3 Å². The SMILES string of the molecule is CCCn1cccc1C(=O)c1c(CC)cc2n1CCCC2C(=O)OC(C)C. The zero-order chi connectivity index (χ0) is 19.6. The van der Waals surface area contributed by atoms with Gasteiger partial charge in [0.25, 0.3) is 0 Å². The highest BCUT2D eigenvalue weighted by Crippen LogP contribution is 2.34. The molecule has 0 aliphatic carbocycles. The van der Waals surface area contributed by atoms with E-state index in [9.17, 15) is 9.59 Å². The number of rotatable bonds is 7. The van der Waals surface area contributed by atoms with Crippen molar-refractivity contribution in [2.75, 3.05) is 0 Å². The molecule has 5 heteroatoms. The average molecular weight is 370 g/mol. The Morgan fingerprint density at radius 3 is 2.74 bits per heavy atom. The van der Waals surface area contributed by atoms with Crippen LogP contribution in [0.5, 0.6) is 0 Å². The lowest BCUT2D eigenvalue weighted by Gasteiger charge is -2.25. The molecule has 0 saturated carbocycles. The monoisotopic (exact) mass is 370 g/mol. The number of ketones is 1. The maximum atomic E-state index is 13.4. The number of fused-ring (bicyclic) bond motifs is 1. The molecule has 0 aromatic carbocycles. The molecular formula is C22H30N2O3. The molecule has 3 heterocycles. The average Bonchev–Trinajstić information content (AvgIpc) is 3.24. The molecule has 5 nitrogen and oxygen atoms in total. The van der Waals surface area contributed by atoms with Gasteiger partial charge in [0.15, 0.2) is 0 Å². The highest BCUT2D eigenvalue weighted by Gasteiger charge is 2.33. The summed E-state index contributed by atoms with van der Waals surface area (Å²) < 4.78 is 9.56. The Morgan fingerprint density at radius 2 is 2.07 bits per heavy atom. The summed E-state index contributed by atoms with van der Waals surface area (Å²) in [6, 6.07) is 5.87. The largest absolute Gasteiger partial charge is 0.462 e. The Labute approximate surface area is 161 Å². The van der Waals surface area contributed by atoms with Gasteiger partial charge in [0.2, 0.25) is 5.78 Å². The smallest absolute Gasteiger partial charge is 0.315 e. The standard InChI is InChI=1S/C22H30N2O3/c1-5-11-23-12-8-10-18(23)21(25)20-16(6-2)14-19-17(9-7-13-24(19)20)22(26)27-15(3)4/h8,10,12,14-15,17H,5-7,9,11,13H2,1-4H3. The zero-order valence-electron chi connectivity index (χ0n) is 16.8. The topological polar surface area (TPSA) is 53.2 Å². The van der Waals surface area contributed by atoms with Crippen LogP contribution in [0.15, 0.2) is 24.4 Å². The Kier molecular flexibility index (Phi) is 5.88. The minimum absolute atomic E-state index is 0.0504. The maximum absolute atomic E-state index is 13.4. The number of aromatic nitrogens is 2. The molecule has 1 atom stereocenters. The van der Waals surface area contributed by atoms with E-state index in [1.807, 2.05) is 42.8 Å². The van der Waals surface area contributed by atoms with Gasteiger partial charge in [-0.1, -0.05) is 13.8 Å². The van der Waals surface area contributed by atoms with Crippen LogP contribution in [0.2, 0.25) is 0 Å². The first-order valence-electron chi connectivity index (χ1n) is 10.1. The Morgan fingerprint density at radius 1 is 1.30 bits per heavy atom. The van der Waals surface area contributed by atoms with E-state index in [0.29, 0.717) is 0 Å². The summed E-state index contributed by atoms with van der Waals surface area (Å²) >= 11 is 0. The molecule has 2 aromatic heterocycles. The Bertz CT molecular complexity index is 829. The predicted molar refractivity (Wildman–Crippen MR) is 105 cm³/mol. The molecule has 3 rings (SSSR count). The third-order valence-electron chi connectivity index (χ3n) is 5.20. The number of carbonyl (C=O) groups excluding carboxylic acids is 2. The summed E-state index contributed by atoms with van der Waals surface area (Å²) in [4.78, 5) is 26.0. The normalized spacial score (nSPS) is 16.4. The highest BCUT2D eigenvalue weighted by molar-refractivity contribution is 6.08. The first kappa shape index (κ1) is 19.5. The molecule has 0 bridgehead atoms. The van der Waals surface area contributed by atoms with Gasteiger partial charge in [-0.3, -0.25) is 9.59 Å². The molecule has 0 N–H and O–H groups in total. The predicted octanol–water partition coefficient (Wildman–Crippen LogP) is 4.32. The molecule has 1 aliphatic heterocycles. The molecule has 146 valence electrons. The lowest BCUT2D eigenvalue weighted by Crippen LogP contribution is -2.27. The molecule has 0 fully saturated rings. The van der Waals surface area contributed by atoms with Crippen molar-refractivity contribution in [1.82, 2.24) is 9.13 Å². The van der Waals surface area contributed by atoms with E-state index in [-0.39, 0.29) is 23.8 Å². The summed E-state index contributed by atoms with van der Waals surface area (Å²) in [5.74, 6) is -0.413. The molecule has 27 heavy (non-hydrogen) atoms. The summed E-state index contributed by atoms with van der Waals surface area (Å²) in [5.41, 5.74) is 3.41. The van der Waals surface area contributed by atoms with Crippen molar-refractivity contribution in [3.8, 4) is 0 Å². The van der Waals surface area contributed by atoms with Gasteiger partial charge in [-0.15, -0.1) is 0 Å². The summed E-state index contributed by atoms with van der Waals surface area (Å²) in [6.45, 7) is 9.51. The van der Waals surface area contributed by atoms with E-state index in [1.165, 1.54) is 0 Å². The summed E-state index contributed by atoms with van der Waals surface area (Å²) in [6.07, 6.45) is 5.22. The third kappa shape index (κ3) is 3.73. The minimum atomic E-state index is -0.282. The second kappa shape index (κ2) is 8.15. The highest BCUT2D eigenvalue weighted by atomic mass is 16.5. The molecule has 1 aliphatic rings. The van der Waals surface area contributed by atoms with Crippen LogP contribution in [0.4, 0.5) is 0 Å². The summed E-state index contributed by atoms with van der Waals surface area (Å²) in [7, 11) is 0. The molecule has 0 amide bonds. The van der Waals surface area contributed by atoms with Gasteiger partial charge in [-0.2, -0.15) is 0 Å². The zero-order valence-corrected chi connectivity index (χ0v) is 16.8. The molecule has 2 aromatic rings. The lowest BCUT2D eigenvalue weighted by atomic mass is 9.96. The molecule has 1 unspecified atom stereocenters. The van der Waals surface area contributed by atoms with Gasteiger partial charge in [0.1, 0.15) is 0 Å². The van der Waals surface area contributed by atoms with Crippen LogP contribution >= 0.6 is 0 Å². The van der Waals surface area contributed by atoms with Crippen LogP contribution in [-0.2, 0) is 29.0 Å². The van der Waals surface area contributed by atoms with Crippen molar-refractivity contribution in [2.24, 2.45) is 0 Å². The minimum Gasteiger partial charge on any atom is -0.462 e. The van der Waals surface area contributed by atoms with Crippen molar-refractivity contribution in [1.29, 1.82) is 0 Å². The van der Waals surface area contributed by atoms with Crippen LogP contribution < -0.4 is 0 Å². The number of esters is 1. The van der Waals surface area contributed by atoms with Gasteiger partial charge in [-0.05, 0) is 63.3 Å². The first-order chi connectivity index (χ1) is 13.0. The molecule has 0 radical (unpaired) electrons. The van der Waals surface area contributed by atoms with Gasteiger partial charge < -0.3 is 13.9 Å². The molecule has 0 saturated heterocycles. The molecular weight excluding hydrogens is 340 g/mol. The van der Waals surface area contributed by atoms with E-state index in [2.05, 4.69) is 18.4 Å². The van der Waals surface area contributed by atoms with Gasteiger partial charge >= 0.3 is 5.97 Å². The quantitative estimate of drug-likeness (QED) is 0.539. The summed E-state index contributed by atoms with van der Waals surface area (Å²) in [5, 5.41) is 0. The van der Waals surface area contributed by atoms with E-state index in [4.69, 9.17) is 4.74 Å². The number of hydrogen-bond donors (Lipinski definition) is 0. The van der Waals surface area contributed by atoms with Gasteiger partial charge in [-0.25, -0.2) is 0 Å². The number of carbonyl (C=O) groups is 2. The fraction of sp³-hybridized carbons (Fsp3) is 0.545. The van der Waals surface area contributed by atoms with Crippen LogP contribution in [-0.4, -0.2) is 27.0 Å². The lowest BCUT2D eigenvalue weighted by molar-refractivity contribution is -0.149. The number of aryl methyl sites for hydroxylation is 2. The Balaban J connectivity index is 2.02.